The number of likely N-dealkylation sites (N-methyl/N-ethyl adjacent to an activating group) is 1. The van der Waals surface area contributed by atoms with Crippen LogP contribution in [0.4, 0.5) is 0 Å². The van der Waals surface area contributed by atoms with Crippen LogP contribution in [0.5, 0.6) is 0 Å². The van der Waals surface area contributed by atoms with Gasteiger partial charge in [-0.2, -0.15) is 0 Å². The first-order chi connectivity index (χ1) is 5.66. The molecule has 0 aromatic rings. The van der Waals surface area contributed by atoms with Crippen LogP contribution in [0.2, 0.25) is 0 Å². The highest BCUT2D eigenvalue weighted by Gasteiger charge is 1.96. The van der Waals surface area contributed by atoms with Gasteiger partial charge in [0, 0.05) is 13.6 Å². The first kappa shape index (κ1) is 11.4. The van der Waals surface area contributed by atoms with E-state index in [-0.39, 0.29) is 12.0 Å². The summed E-state index contributed by atoms with van der Waals surface area (Å²) in [6.07, 6.45) is 0.256. The van der Waals surface area contributed by atoms with E-state index < -0.39 is 0 Å². The maximum atomic E-state index is 10.7. The molecule has 0 aliphatic rings. The molecule has 0 rings (SSSR count). The maximum absolute atomic E-state index is 10.7. The summed E-state index contributed by atoms with van der Waals surface area (Å²) in [6.45, 7) is 5.69. The lowest BCUT2D eigenvalue weighted by Crippen LogP contribution is -2.33. The van der Waals surface area contributed by atoms with Crippen molar-refractivity contribution in [2.75, 3.05) is 26.7 Å². The zero-order valence-corrected chi connectivity index (χ0v) is 8.02. The van der Waals surface area contributed by atoms with E-state index in [0.29, 0.717) is 19.7 Å². The number of ether oxygens (including phenoxy) is 1. The molecule has 0 aliphatic heterocycles. The minimum atomic E-state index is -0.000420. The molecular formula is C8H18N2O2. The lowest BCUT2D eigenvalue weighted by Gasteiger charge is -2.07. The molecule has 0 atom stereocenters. The van der Waals surface area contributed by atoms with Crippen molar-refractivity contribution in [2.45, 2.75) is 20.0 Å². The van der Waals surface area contributed by atoms with Crippen molar-refractivity contribution in [3.63, 3.8) is 0 Å². The molecule has 0 aromatic carbocycles. The number of carbonyl (C=O) groups is 1. The molecule has 0 heterocycles. The van der Waals surface area contributed by atoms with Crippen LogP contribution in [-0.4, -0.2) is 38.8 Å². The highest BCUT2D eigenvalue weighted by molar-refractivity contribution is 5.77. The van der Waals surface area contributed by atoms with Gasteiger partial charge in [0.1, 0.15) is 0 Å². The second-order valence-corrected chi connectivity index (χ2v) is 2.77. The van der Waals surface area contributed by atoms with E-state index in [9.17, 15) is 4.79 Å². The molecule has 0 bridgehead atoms. The Morgan fingerprint density at radius 3 is 2.67 bits per heavy atom. The highest BCUT2D eigenvalue weighted by atomic mass is 16.5. The fourth-order valence-electron chi connectivity index (χ4n) is 0.657. The summed E-state index contributed by atoms with van der Waals surface area (Å²) in [4.78, 5) is 10.7. The zero-order valence-electron chi connectivity index (χ0n) is 8.02. The van der Waals surface area contributed by atoms with Gasteiger partial charge in [-0.05, 0) is 13.8 Å². The van der Waals surface area contributed by atoms with Crippen LogP contribution in [0.3, 0.4) is 0 Å². The molecule has 0 fully saturated rings. The number of rotatable bonds is 6. The van der Waals surface area contributed by atoms with Crippen LogP contribution in [0.1, 0.15) is 13.8 Å². The molecule has 72 valence electrons. The lowest BCUT2D eigenvalue weighted by atomic mass is 10.5. The van der Waals surface area contributed by atoms with Crippen LogP contribution < -0.4 is 10.6 Å². The van der Waals surface area contributed by atoms with Gasteiger partial charge in [-0.1, -0.05) is 0 Å². The fraction of sp³-hybridized carbons (Fsp3) is 0.875. The summed E-state index contributed by atoms with van der Waals surface area (Å²) in [7, 11) is 1.62. The van der Waals surface area contributed by atoms with Gasteiger partial charge in [0.2, 0.25) is 5.91 Å². The van der Waals surface area contributed by atoms with Crippen LogP contribution in [0.25, 0.3) is 0 Å². The fourth-order valence-corrected chi connectivity index (χ4v) is 0.657. The van der Waals surface area contributed by atoms with Crippen molar-refractivity contribution in [3.8, 4) is 0 Å². The molecule has 0 aliphatic carbocycles. The molecule has 0 unspecified atom stereocenters. The second-order valence-electron chi connectivity index (χ2n) is 2.77. The average Bonchev–Trinajstić information content (AvgIpc) is 2.03. The Morgan fingerprint density at radius 2 is 2.17 bits per heavy atom. The molecule has 0 saturated heterocycles. The number of hydrogen-bond donors (Lipinski definition) is 2. The molecule has 0 spiro atoms. The van der Waals surface area contributed by atoms with Gasteiger partial charge in [-0.15, -0.1) is 0 Å². The molecule has 0 radical (unpaired) electrons. The maximum Gasteiger partial charge on any atom is 0.233 e. The van der Waals surface area contributed by atoms with E-state index in [0.717, 1.165) is 0 Å². The van der Waals surface area contributed by atoms with Crippen molar-refractivity contribution in [2.24, 2.45) is 0 Å². The number of hydrogen-bond acceptors (Lipinski definition) is 3. The minimum Gasteiger partial charge on any atom is -0.377 e. The van der Waals surface area contributed by atoms with Crippen LogP contribution in [-0.2, 0) is 9.53 Å². The van der Waals surface area contributed by atoms with E-state index in [2.05, 4.69) is 10.6 Å². The Kier molecular flexibility index (Phi) is 6.70. The van der Waals surface area contributed by atoms with Gasteiger partial charge in [0.15, 0.2) is 0 Å². The third-order valence-corrected chi connectivity index (χ3v) is 1.29. The Balaban J connectivity index is 3.05. The largest absolute Gasteiger partial charge is 0.377 e. The molecule has 0 saturated carbocycles. The second kappa shape index (κ2) is 7.06. The van der Waals surface area contributed by atoms with E-state index in [4.69, 9.17) is 4.74 Å². The van der Waals surface area contributed by atoms with Crippen LogP contribution in [0, 0.1) is 0 Å². The van der Waals surface area contributed by atoms with Gasteiger partial charge in [-0.3, -0.25) is 4.79 Å². The van der Waals surface area contributed by atoms with E-state index in [1.54, 1.807) is 7.05 Å². The van der Waals surface area contributed by atoms with Gasteiger partial charge in [0.25, 0.3) is 0 Å². The normalized spacial score (nSPS) is 10.3. The molecule has 12 heavy (non-hydrogen) atoms. The predicted octanol–water partition coefficient (Wildman–Crippen LogP) is -0.253. The average molecular weight is 174 g/mol. The summed E-state index contributed by atoms with van der Waals surface area (Å²) in [6, 6.07) is 0. The van der Waals surface area contributed by atoms with Gasteiger partial charge in [-0.25, -0.2) is 0 Å². The lowest BCUT2D eigenvalue weighted by molar-refractivity contribution is -0.119. The monoisotopic (exact) mass is 174 g/mol. The summed E-state index contributed by atoms with van der Waals surface area (Å²) in [5, 5.41) is 5.48. The quantitative estimate of drug-likeness (QED) is 0.546. The molecular weight excluding hydrogens is 156 g/mol. The Labute approximate surface area is 73.7 Å². The first-order valence-corrected chi connectivity index (χ1v) is 4.19. The molecule has 0 aromatic heterocycles. The summed E-state index contributed by atoms with van der Waals surface area (Å²) < 4.78 is 5.26. The summed E-state index contributed by atoms with van der Waals surface area (Å²) >= 11 is 0. The topological polar surface area (TPSA) is 50.4 Å². The van der Waals surface area contributed by atoms with Crippen molar-refractivity contribution < 1.29 is 9.53 Å². The van der Waals surface area contributed by atoms with E-state index in [1.807, 2.05) is 13.8 Å². The number of nitrogens with one attached hydrogen (secondary N) is 2. The number of amides is 1. The number of carbonyl (C=O) groups excluding carboxylic acids is 1. The van der Waals surface area contributed by atoms with Crippen molar-refractivity contribution in [3.05, 3.63) is 0 Å². The highest BCUT2D eigenvalue weighted by Crippen LogP contribution is 1.84. The zero-order chi connectivity index (χ0) is 9.40. The van der Waals surface area contributed by atoms with Crippen LogP contribution in [0.15, 0.2) is 0 Å². The molecule has 2 N–H and O–H groups in total. The van der Waals surface area contributed by atoms with Crippen LogP contribution >= 0.6 is 0 Å². The van der Waals surface area contributed by atoms with Crippen molar-refractivity contribution in [1.29, 1.82) is 0 Å². The molecule has 1 amide bonds. The minimum absolute atomic E-state index is 0.000420. The van der Waals surface area contributed by atoms with E-state index in [1.165, 1.54) is 0 Å². The third-order valence-electron chi connectivity index (χ3n) is 1.29. The smallest absolute Gasteiger partial charge is 0.233 e. The van der Waals surface area contributed by atoms with Crippen molar-refractivity contribution >= 4 is 5.91 Å². The third kappa shape index (κ3) is 7.50. The Bertz CT molecular complexity index is 126. The first-order valence-electron chi connectivity index (χ1n) is 4.19. The summed E-state index contributed by atoms with van der Waals surface area (Å²) in [5.74, 6) is -0.000420. The van der Waals surface area contributed by atoms with Gasteiger partial charge >= 0.3 is 0 Å². The summed E-state index contributed by atoms with van der Waals surface area (Å²) in [5.41, 5.74) is 0. The van der Waals surface area contributed by atoms with Gasteiger partial charge < -0.3 is 15.4 Å². The van der Waals surface area contributed by atoms with Gasteiger partial charge in [0.05, 0.1) is 19.3 Å². The standard InChI is InChI=1S/C8H18N2O2/c1-7(2)12-5-4-10-6-8(11)9-3/h7,10H,4-6H2,1-3H3,(H,9,11). The van der Waals surface area contributed by atoms with E-state index >= 15 is 0 Å². The Hall–Kier alpha value is -0.610. The Morgan fingerprint density at radius 1 is 1.50 bits per heavy atom. The van der Waals surface area contributed by atoms with Crippen molar-refractivity contribution in [1.82, 2.24) is 10.6 Å². The molecule has 4 heteroatoms. The SMILES string of the molecule is CNC(=O)CNCCOC(C)C. The molecule has 4 nitrogen and oxygen atoms in total. The predicted molar refractivity (Wildman–Crippen MR) is 48.0 cm³/mol.